The Hall–Kier alpha value is -4.52. The molecule has 1 heterocycles. The number of nitrogens with two attached hydrogens (primary N) is 3. The number of nitrogens with one attached hydrogen (secondary N) is 5. The van der Waals surface area contributed by atoms with Gasteiger partial charge in [-0.3, -0.25) is 33.6 Å². The van der Waals surface area contributed by atoms with Gasteiger partial charge < -0.3 is 53.5 Å². The molecular weight excluding hydrogens is 767 g/mol. The van der Waals surface area contributed by atoms with E-state index in [2.05, 4.69) is 38.9 Å². The fourth-order valence-electron chi connectivity index (χ4n) is 6.57. The number of primary amides is 1. The van der Waals surface area contributed by atoms with Crippen LogP contribution in [0.5, 0.6) is 0 Å². The molecule has 17 nitrogen and oxygen atoms in total. The number of likely N-dealkylation sites (N-methyl/N-ethyl adjacent to an activating group) is 1. The van der Waals surface area contributed by atoms with Crippen LogP contribution in [0.2, 0.25) is 0 Å². The van der Waals surface area contributed by atoms with Crippen LogP contribution in [0.1, 0.15) is 85.1 Å². The van der Waals surface area contributed by atoms with E-state index in [1.807, 2.05) is 31.2 Å². The van der Waals surface area contributed by atoms with Gasteiger partial charge in [0, 0.05) is 37.0 Å². The number of aromatic amines is 1. The maximum absolute atomic E-state index is 14.1. The molecule has 324 valence electrons. The van der Waals surface area contributed by atoms with Crippen molar-refractivity contribution in [2.75, 3.05) is 19.3 Å². The van der Waals surface area contributed by atoms with E-state index in [1.54, 1.807) is 33.9 Å². The van der Waals surface area contributed by atoms with E-state index in [-0.39, 0.29) is 38.0 Å². The lowest BCUT2D eigenvalue weighted by Crippen LogP contribution is -2.62. The molecule has 0 fully saturated rings. The van der Waals surface area contributed by atoms with Gasteiger partial charge in [-0.2, -0.15) is 12.6 Å². The molecule has 0 saturated carbocycles. The highest BCUT2D eigenvalue weighted by Crippen LogP contribution is 2.21. The molecule has 1 aromatic carbocycles. The summed E-state index contributed by atoms with van der Waals surface area (Å²) in [6.07, 6.45) is 1.23. The summed E-state index contributed by atoms with van der Waals surface area (Å²) in [4.78, 5) is 98.2. The standard InChI is InChI=1S/C40H65N9O8S/c1-7-22(4)33(38(55)46-29(20-31(43)50)40(57)49(6)30(15-12-17-41)36(53)35(52)26(42)9-3)48-39(56)34(23(5)8-2)47-37(54)28(45-32(51)16-18-58)19-24-21-44-27-14-11-10-13-25(24)27/h10-11,13-14,21-23,26,28-30,33-34,36,44,53,58H,7-9,12,15-20,41-42H2,1-6H3,(H2,43,50)(H,45,51)(H,46,55)(H,47,54)(H,48,56)/t22-,23+,26?,28-,29+,30+,33+,34+,36?/m1/s1. The normalized spacial score (nSPS) is 16.0. The average molecular weight is 832 g/mol. The van der Waals surface area contributed by atoms with Crippen LogP contribution >= 0.6 is 12.6 Å². The molecule has 58 heavy (non-hydrogen) atoms. The van der Waals surface area contributed by atoms with Gasteiger partial charge in [0.05, 0.1) is 18.5 Å². The molecule has 0 spiro atoms. The second kappa shape index (κ2) is 24.4. The molecule has 0 radical (unpaired) electrons. The highest BCUT2D eigenvalue weighted by atomic mass is 32.1. The molecule has 2 unspecified atom stereocenters. The molecule has 2 aromatic rings. The van der Waals surface area contributed by atoms with Crippen molar-refractivity contribution >= 4 is 64.8 Å². The van der Waals surface area contributed by atoms with E-state index in [1.165, 1.54) is 7.05 Å². The number of rotatable bonds is 26. The third-order valence-corrected chi connectivity index (χ3v) is 10.9. The number of ketones is 1. The summed E-state index contributed by atoms with van der Waals surface area (Å²) < 4.78 is 0. The Kier molecular flexibility index (Phi) is 20.9. The van der Waals surface area contributed by atoms with Gasteiger partial charge in [-0.1, -0.05) is 65.7 Å². The van der Waals surface area contributed by atoms with Gasteiger partial charge in [0.25, 0.3) is 0 Å². The van der Waals surface area contributed by atoms with E-state index in [9.17, 15) is 38.7 Å². The van der Waals surface area contributed by atoms with Crippen molar-refractivity contribution in [2.24, 2.45) is 29.0 Å². The third-order valence-electron chi connectivity index (χ3n) is 10.7. The fraction of sp³-hybridized carbons (Fsp3) is 0.625. The molecule has 0 aliphatic heterocycles. The van der Waals surface area contributed by atoms with Crippen molar-refractivity contribution < 1.29 is 38.7 Å². The minimum absolute atomic E-state index is 0.0663. The zero-order valence-corrected chi connectivity index (χ0v) is 35.5. The summed E-state index contributed by atoms with van der Waals surface area (Å²) >= 11 is 4.14. The lowest BCUT2D eigenvalue weighted by atomic mass is 9.93. The monoisotopic (exact) mass is 831 g/mol. The average Bonchev–Trinajstić information content (AvgIpc) is 3.61. The number of aliphatic hydroxyl groups is 1. The van der Waals surface area contributed by atoms with Gasteiger partial charge in [-0.25, -0.2) is 0 Å². The van der Waals surface area contributed by atoms with Crippen molar-refractivity contribution in [2.45, 2.75) is 128 Å². The molecule has 9 atom stereocenters. The highest BCUT2D eigenvalue weighted by Gasteiger charge is 2.39. The van der Waals surface area contributed by atoms with Gasteiger partial charge in [-0.05, 0) is 55.0 Å². The Morgan fingerprint density at radius 3 is 2.00 bits per heavy atom. The number of aromatic nitrogens is 1. The maximum atomic E-state index is 14.1. The van der Waals surface area contributed by atoms with Crippen LogP contribution in [0.3, 0.4) is 0 Å². The fourth-order valence-corrected chi connectivity index (χ4v) is 6.77. The molecule has 0 aliphatic rings. The summed E-state index contributed by atoms with van der Waals surface area (Å²) in [6.45, 7) is 9.00. The van der Waals surface area contributed by atoms with E-state index in [0.717, 1.165) is 21.4 Å². The Bertz CT molecular complexity index is 1710. The van der Waals surface area contributed by atoms with Crippen LogP contribution in [0.4, 0.5) is 0 Å². The minimum Gasteiger partial charge on any atom is -0.383 e. The number of fused-ring (bicyclic) bond motifs is 1. The first kappa shape index (κ1) is 49.6. The van der Waals surface area contributed by atoms with Crippen LogP contribution in [0, 0.1) is 11.8 Å². The second-order valence-corrected chi connectivity index (χ2v) is 15.4. The number of carbonyl (C=O) groups excluding carboxylic acids is 7. The number of thiol groups is 1. The zero-order valence-electron chi connectivity index (χ0n) is 34.6. The topological polar surface area (TPSA) is 285 Å². The SMILES string of the molecule is CCC(N)C(=O)C(O)[C@H](CCCN)N(C)C(=O)[C@H](CC(N)=O)NC(=O)[C@@H](NC(=O)[C@@H](NC(=O)[C@@H](Cc1c[nH]c2ccccc12)NC(=O)CCS)[C@@H](C)CC)[C@H](C)CC. The van der Waals surface area contributed by atoms with Gasteiger partial charge in [0.2, 0.25) is 35.4 Å². The van der Waals surface area contributed by atoms with E-state index >= 15 is 0 Å². The number of para-hydroxylation sites is 1. The number of amides is 6. The van der Waals surface area contributed by atoms with Crippen LogP contribution in [0.15, 0.2) is 30.5 Å². The van der Waals surface area contributed by atoms with Crippen molar-refractivity contribution in [1.82, 2.24) is 31.2 Å². The van der Waals surface area contributed by atoms with E-state index < -0.39 is 102 Å². The molecular formula is C40H65N9O8S. The molecule has 1 aromatic heterocycles. The minimum atomic E-state index is -1.67. The first-order chi connectivity index (χ1) is 27.4. The second-order valence-electron chi connectivity index (χ2n) is 14.9. The predicted molar refractivity (Wildman–Crippen MR) is 225 cm³/mol. The summed E-state index contributed by atoms with van der Waals surface area (Å²) in [5.41, 5.74) is 18.7. The van der Waals surface area contributed by atoms with E-state index in [0.29, 0.717) is 19.3 Å². The largest absolute Gasteiger partial charge is 0.383 e. The first-order valence-corrected chi connectivity index (χ1v) is 20.7. The molecule has 12 N–H and O–H groups in total. The Balaban J connectivity index is 2.40. The van der Waals surface area contributed by atoms with E-state index in [4.69, 9.17) is 17.2 Å². The number of carbonyl (C=O) groups is 7. The van der Waals surface area contributed by atoms with Crippen molar-refractivity contribution in [3.05, 3.63) is 36.0 Å². The summed E-state index contributed by atoms with van der Waals surface area (Å²) in [5.74, 6) is -5.55. The predicted octanol–water partition coefficient (Wildman–Crippen LogP) is 0.170. The van der Waals surface area contributed by atoms with Crippen molar-refractivity contribution in [3.8, 4) is 0 Å². The molecule has 6 amide bonds. The number of hydrogen-bond donors (Lipinski definition) is 10. The van der Waals surface area contributed by atoms with Crippen LogP contribution in [-0.4, -0.2) is 118 Å². The third kappa shape index (κ3) is 14.1. The number of benzene rings is 1. The summed E-state index contributed by atoms with van der Waals surface area (Å²) in [5, 5.41) is 22.8. The quantitative estimate of drug-likeness (QED) is 0.0574. The lowest BCUT2D eigenvalue weighted by molar-refractivity contribution is -0.144. The van der Waals surface area contributed by atoms with Gasteiger partial charge >= 0.3 is 0 Å². The van der Waals surface area contributed by atoms with Crippen LogP contribution in [-0.2, 0) is 40.0 Å². The molecule has 18 heteroatoms. The molecule has 0 saturated heterocycles. The lowest BCUT2D eigenvalue weighted by Gasteiger charge is -2.35. The number of H-pyrrole nitrogens is 1. The first-order valence-electron chi connectivity index (χ1n) is 20.0. The number of Topliss-reactive ketones (excluding diaryl/α,β-unsaturated/α-hetero) is 1. The van der Waals surface area contributed by atoms with Crippen LogP contribution < -0.4 is 38.5 Å². The zero-order chi connectivity index (χ0) is 43.7. The maximum Gasteiger partial charge on any atom is 0.245 e. The Morgan fingerprint density at radius 2 is 1.45 bits per heavy atom. The van der Waals surface area contributed by atoms with Gasteiger partial charge in [-0.15, -0.1) is 0 Å². The summed E-state index contributed by atoms with van der Waals surface area (Å²) in [6, 6.07) is 0.490. The highest BCUT2D eigenvalue weighted by molar-refractivity contribution is 7.80. The molecule has 2 rings (SSSR count). The molecule has 0 aliphatic carbocycles. The van der Waals surface area contributed by atoms with Gasteiger partial charge in [0.1, 0.15) is 30.3 Å². The summed E-state index contributed by atoms with van der Waals surface area (Å²) in [7, 11) is 1.33. The van der Waals surface area contributed by atoms with Crippen LogP contribution in [0.25, 0.3) is 10.9 Å². The Labute approximate surface area is 346 Å². The van der Waals surface area contributed by atoms with Crippen molar-refractivity contribution in [1.29, 1.82) is 0 Å². The smallest absolute Gasteiger partial charge is 0.245 e. The Morgan fingerprint density at radius 1 is 0.862 bits per heavy atom. The molecule has 0 bridgehead atoms. The number of hydrogen-bond acceptors (Lipinski definition) is 11. The van der Waals surface area contributed by atoms with Gasteiger partial charge in [0.15, 0.2) is 5.78 Å². The number of nitrogens with zero attached hydrogens (tertiary/aromatic N) is 1. The number of aliphatic hydroxyl groups excluding tert-OH is 1. The van der Waals surface area contributed by atoms with Crippen molar-refractivity contribution in [3.63, 3.8) is 0 Å².